The highest BCUT2D eigenvalue weighted by Crippen LogP contribution is 2.72. The number of ether oxygens (including phenoxy) is 2. The molecule has 0 aromatic rings. The van der Waals surface area contributed by atoms with Gasteiger partial charge in [0.1, 0.15) is 12.8 Å². The third-order valence-electron chi connectivity index (χ3n) is 9.18. The van der Waals surface area contributed by atoms with Crippen molar-refractivity contribution in [1.29, 1.82) is 0 Å². The van der Waals surface area contributed by atoms with E-state index in [1.54, 1.807) is 20.8 Å². The van der Waals surface area contributed by atoms with Crippen LogP contribution in [0.25, 0.3) is 0 Å². The Morgan fingerprint density at radius 3 is 2.56 bits per heavy atom. The van der Waals surface area contributed by atoms with Gasteiger partial charge >= 0.3 is 0 Å². The highest BCUT2D eigenvalue weighted by molar-refractivity contribution is 6.01. The Balaban J connectivity index is 1.66. The first-order valence-electron chi connectivity index (χ1n) is 11.3. The average Bonchev–Trinajstić information content (AvgIpc) is 3.11. The molecule has 176 valence electrons. The van der Waals surface area contributed by atoms with Crippen molar-refractivity contribution in [2.45, 2.75) is 82.4 Å². The van der Waals surface area contributed by atoms with Gasteiger partial charge in [0, 0.05) is 16.7 Å². The van der Waals surface area contributed by atoms with Crippen LogP contribution in [0.15, 0.2) is 23.8 Å². The van der Waals surface area contributed by atoms with E-state index in [1.165, 1.54) is 19.1 Å². The Morgan fingerprint density at radius 2 is 1.91 bits per heavy atom. The van der Waals surface area contributed by atoms with Gasteiger partial charge in [-0.15, -0.1) is 0 Å². The normalized spacial score (nSPS) is 53.2. The van der Waals surface area contributed by atoms with E-state index in [9.17, 15) is 19.8 Å². The first-order chi connectivity index (χ1) is 14.8. The summed E-state index contributed by atoms with van der Waals surface area (Å²) in [6.07, 6.45) is -0.151. The minimum Gasteiger partial charge on any atom is -0.390 e. The van der Waals surface area contributed by atoms with E-state index in [-0.39, 0.29) is 24.8 Å². The zero-order valence-electron chi connectivity index (χ0n) is 18.7. The molecule has 9 atom stereocenters. The van der Waals surface area contributed by atoms with Crippen LogP contribution in [0.3, 0.4) is 0 Å². The van der Waals surface area contributed by atoms with Gasteiger partial charge in [-0.2, -0.15) is 0 Å². The molecule has 32 heavy (non-hydrogen) atoms. The lowest BCUT2D eigenvalue weighted by molar-refractivity contribution is -0.248. The monoisotopic (exact) mass is 452 g/mol. The molecule has 1 aliphatic heterocycles. The second-order valence-electron chi connectivity index (χ2n) is 11.0. The number of aliphatic hydroxyl groups is 2. The number of aliphatic hydroxyl groups excluding tert-OH is 2. The fraction of sp³-hybridized carbons (Fsp3) is 0.750. The zero-order valence-corrected chi connectivity index (χ0v) is 18.7. The zero-order chi connectivity index (χ0) is 23.5. The summed E-state index contributed by atoms with van der Waals surface area (Å²) >= 11 is 0. The molecule has 0 radical (unpaired) electrons. The molecular formula is C24H30F2O6. The van der Waals surface area contributed by atoms with E-state index in [0.29, 0.717) is 0 Å². The number of carbonyl (C=O) groups excluding carboxylic acids is 2. The molecule has 4 fully saturated rings. The van der Waals surface area contributed by atoms with E-state index in [2.05, 4.69) is 0 Å². The van der Waals surface area contributed by atoms with Crippen molar-refractivity contribution < 1.29 is 38.1 Å². The van der Waals surface area contributed by atoms with Crippen LogP contribution in [-0.2, 0) is 19.1 Å². The maximum atomic E-state index is 17.1. The van der Waals surface area contributed by atoms with E-state index in [0.717, 1.165) is 6.08 Å². The number of fused-ring (bicyclic) bond motifs is 7. The Morgan fingerprint density at radius 1 is 1.22 bits per heavy atom. The van der Waals surface area contributed by atoms with Crippen molar-refractivity contribution >= 4 is 11.6 Å². The lowest BCUT2D eigenvalue weighted by Crippen LogP contribution is -2.71. The number of allylic oxidation sites excluding steroid dienone is 4. The highest BCUT2D eigenvalue weighted by atomic mass is 19.1. The molecule has 4 aliphatic carbocycles. The van der Waals surface area contributed by atoms with Crippen molar-refractivity contribution in [2.24, 2.45) is 22.7 Å². The molecule has 2 N–H and O–H groups in total. The highest BCUT2D eigenvalue weighted by Gasteiger charge is 2.80. The predicted octanol–water partition coefficient (Wildman–Crippen LogP) is 2.37. The number of alkyl halides is 2. The molecule has 0 aromatic carbocycles. The summed E-state index contributed by atoms with van der Waals surface area (Å²) in [4.78, 5) is 25.1. The molecule has 5 rings (SSSR count). The molecule has 1 heterocycles. The molecule has 5 aliphatic rings. The lowest BCUT2D eigenvalue weighted by Gasteiger charge is -2.63. The smallest absolute Gasteiger partial charge is 0.193 e. The Labute approximate surface area is 185 Å². The number of Topliss-reactive ketones (excluding diaryl/α,β-unsaturated/α-hetero) is 1. The topological polar surface area (TPSA) is 93.1 Å². The molecule has 0 spiro atoms. The number of carbonyl (C=O) groups is 2. The van der Waals surface area contributed by atoms with E-state index in [1.807, 2.05) is 0 Å². The molecule has 0 bridgehead atoms. The van der Waals surface area contributed by atoms with Crippen LogP contribution in [-0.4, -0.2) is 63.8 Å². The van der Waals surface area contributed by atoms with E-state index in [4.69, 9.17) is 9.47 Å². The van der Waals surface area contributed by atoms with Crippen molar-refractivity contribution in [3.8, 4) is 0 Å². The summed E-state index contributed by atoms with van der Waals surface area (Å²) < 4.78 is 44.8. The van der Waals surface area contributed by atoms with Gasteiger partial charge in [-0.05, 0) is 63.7 Å². The van der Waals surface area contributed by atoms with Gasteiger partial charge in [-0.3, -0.25) is 9.59 Å². The summed E-state index contributed by atoms with van der Waals surface area (Å²) in [5.41, 5.74) is -6.30. The van der Waals surface area contributed by atoms with Crippen LogP contribution >= 0.6 is 0 Å². The molecule has 5 unspecified atom stereocenters. The van der Waals surface area contributed by atoms with Crippen LogP contribution in [0.1, 0.15) is 47.0 Å². The number of hydrogen-bond donors (Lipinski definition) is 2. The molecule has 1 saturated heterocycles. The van der Waals surface area contributed by atoms with Gasteiger partial charge in [-0.1, -0.05) is 13.0 Å². The minimum absolute atomic E-state index is 0.0550. The van der Waals surface area contributed by atoms with Crippen molar-refractivity contribution in [3.63, 3.8) is 0 Å². The Kier molecular flexibility index (Phi) is 4.42. The van der Waals surface area contributed by atoms with Crippen molar-refractivity contribution in [1.82, 2.24) is 0 Å². The van der Waals surface area contributed by atoms with E-state index >= 15 is 8.78 Å². The fourth-order valence-electron chi connectivity index (χ4n) is 7.92. The summed E-state index contributed by atoms with van der Waals surface area (Å²) in [5, 5.41) is 21.1. The minimum atomic E-state index is -2.24. The summed E-state index contributed by atoms with van der Waals surface area (Å²) in [6, 6.07) is 0. The second kappa shape index (κ2) is 6.34. The van der Waals surface area contributed by atoms with Crippen LogP contribution in [0.2, 0.25) is 0 Å². The molecule has 3 saturated carbocycles. The van der Waals surface area contributed by atoms with Gasteiger partial charge < -0.3 is 19.7 Å². The number of halogens is 2. The standard InChI is InChI=1S/C24H30F2O6/c1-20(2)31-19-9-13-14-8-16(25)15-7-12(28)5-6-21(15,3)23(14,26)17(29)10-22(13,4)24(19,32-20)18(30)11-27/h5-7,13-14,16-17,19,27,29H,8-11H2,1-4H3/t13?,14?,16?,17?,19?,21-,22-,23-,24+/m0/s1. The van der Waals surface area contributed by atoms with E-state index < -0.39 is 76.3 Å². The largest absolute Gasteiger partial charge is 0.390 e. The average molecular weight is 452 g/mol. The molecule has 6 nitrogen and oxygen atoms in total. The van der Waals surface area contributed by atoms with Crippen molar-refractivity contribution in [3.05, 3.63) is 23.8 Å². The second-order valence-corrected chi connectivity index (χ2v) is 11.0. The van der Waals surface area contributed by atoms with Gasteiger partial charge in [-0.25, -0.2) is 8.78 Å². The first-order valence-corrected chi connectivity index (χ1v) is 11.3. The SMILES string of the molecule is CC1(C)OC2CC3C4CC(F)C5=CC(=O)C=C[C@]5(C)[C@@]4(F)C(O)C[C@]3(C)[C@]2(C(=O)CO)O1. The van der Waals surface area contributed by atoms with Crippen LogP contribution in [0.5, 0.6) is 0 Å². The van der Waals surface area contributed by atoms with Gasteiger partial charge in [0.2, 0.25) is 0 Å². The maximum Gasteiger partial charge on any atom is 0.193 e. The number of hydrogen-bond acceptors (Lipinski definition) is 6. The number of rotatable bonds is 2. The van der Waals surface area contributed by atoms with Crippen LogP contribution < -0.4 is 0 Å². The Bertz CT molecular complexity index is 960. The summed E-state index contributed by atoms with van der Waals surface area (Å²) in [5.74, 6) is -3.53. The van der Waals surface area contributed by atoms with Gasteiger partial charge in [0.15, 0.2) is 28.6 Å². The first kappa shape index (κ1) is 22.3. The van der Waals surface area contributed by atoms with Crippen LogP contribution in [0.4, 0.5) is 8.78 Å². The molecule has 0 amide bonds. The third kappa shape index (κ3) is 2.32. The maximum absolute atomic E-state index is 17.1. The third-order valence-corrected chi connectivity index (χ3v) is 9.18. The Hall–Kier alpha value is -1.48. The predicted molar refractivity (Wildman–Crippen MR) is 109 cm³/mol. The van der Waals surface area contributed by atoms with Gasteiger partial charge in [0.05, 0.1) is 12.2 Å². The molecule has 0 aromatic heterocycles. The lowest BCUT2D eigenvalue weighted by atomic mass is 9.44. The van der Waals surface area contributed by atoms with Gasteiger partial charge in [0.25, 0.3) is 0 Å². The quantitative estimate of drug-likeness (QED) is 0.668. The van der Waals surface area contributed by atoms with Crippen molar-refractivity contribution in [2.75, 3.05) is 6.61 Å². The molecular weight excluding hydrogens is 422 g/mol. The summed E-state index contributed by atoms with van der Waals surface area (Å²) in [6.45, 7) is 5.87. The molecule has 8 heteroatoms. The fourth-order valence-corrected chi connectivity index (χ4v) is 7.92. The van der Waals surface area contributed by atoms with Crippen LogP contribution in [0, 0.1) is 22.7 Å². The summed E-state index contributed by atoms with van der Waals surface area (Å²) in [7, 11) is 0. The number of ketones is 2.